The zero-order valence-corrected chi connectivity index (χ0v) is 11.8. The number of hydrogen-bond donors (Lipinski definition) is 1. The third-order valence-electron chi connectivity index (χ3n) is 3.61. The number of nitrogens with two attached hydrogens (primary N) is 1. The van der Waals surface area contributed by atoms with Gasteiger partial charge in [0.25, 0.3) is 0 Å². The zero-order valence-electron chi connectivity index (χ0n) is 11.0. The largest absolute Gasteiger partial charge is 0.326 e. The average molecular weight is 286 g/mol. The molecule has 1 aromatic carbocycles. The summed E-state index contributed by atoms with van der Waals surface area (Å²) in [6, 6.07) is 3.74. The highest BCUT2D eigenvalue weighted by molar-refractivity contribution is 7.89. The molecule has 0 aliphatic carbocycles. The summed E-state index contributed by atoms with van der Waals surface area (Å²) >= 11 is 0. The van der Waals surface area contributed by atoms with Crippen LogP contribution in [0.15, 0.2) is 23.1 Å². The van der Waals surface area contributed by atoms with Gasteiger partial charge in [-0.15, -0.1) is 0 Å². The van der Waals surface area contributed by atoms with Crippen molar-refractivity contribution < 1.29 is 12.8 Å². The Kier molecular flexibility index (Phi) is 4.23. The minimum absolute atomic E-state index is 0.00422. The van der Waals surface area contributed by atoms with Crippen LogP contribution in [0.25, 0.3) is 0 Å². The molecule has 4 nitrogen and oxygen atoms in total. The van der Waals surface area contributed by atoms with Gasteiger partial charge in [-0.1, -0.05) is 13.0 Å². The van der Waals surface area contributed by atoms with Gasteiger partial charge >= 0.3 is 0 Å². The molecule has 0 amide bonds. The van der Waals surface area contributed by atoms with Gasteiger partial charge in [-0.05, 0) is 36.5 Å². The molecule has 1 aliphatic rings. The van der Waals surface area contributed by atoms with Crippen molar-refractivity contribution in [1.29, 1.82) is 0 Å². The Hall–Kier alpha value is -0.980. The molecule has 2 rings (SSSR count). The van der Waals surface area contributed by atoms with Crippen LogP contribution in [0.4, 0.5) is 4.39 Å². The van der Waals surface area contributed by atoms with Crippen molar-refractivity contribution in [2.24, 2.45) is 11.7 Å². The van der Waals surface area contributed by atoms with Crippen LogP contribution in [-0.2, 0) is 16.6 Å². The van der Waals surface area contributed by atoms with E-state index in [0.717, 1.165) is 18.9 Å². The monoisotopic (exact) mass is 286 g/mol. The van der Waals surface area contributed by atoms with Gasteiger partial charge in [0.15, 0.2) is 0 Å². The Morgan fingerprint density at radius 1 is 1.37 bits per heavy atom. The fourth-order valence-electron chi connectivity index (χ4n) is 2.30. The second-order valence-electron chi connectivity index (χ2n) is 5.04. The normalized spacial score (nSPS) is 18.7. The van der Waals surface area contributed by atoms with E-state index in [0.29, 0.717) is 24.6 Å². The van der Waals surface area contributed by atoms with Crippen LogP contribution in [0.1, 0.15) is 25.3 Å². The average Bonchev–Trinajstić information content (AvgIpc) is 2.39. The first-order valence-corrected chi connectivity index (χ1v) is 7.88. The van der Waals surface area contributed by atoms with Crippen LogP contribution in [0.3, 0.4) is 0 Å². The SMILES string of the molecule is CC1CCN(S(=O)(=O)c2cc(F)ccc2CN)CC1. The molecule has 0 atom stereocenters. The first kappa shape index (κ1) is 14.4. The molecule has 19 heavy (non-hydrogen) atoms. The predicted molar refractivity (Wildman–Crippen MR) is 71.4 cm³/mol. The molecule has 1 saturated heterocycles. The van der Waals surface area contributed by atoms with Crippen molar-refractivity contribution in [3.05, 3.63) is 29.6 Å². The number of nitrogens with zero attached hydrogens (tertiary/aromatic N) is 1. The third kappa shape index (κ3) is 2.96. The third-order valence-corrected chi connectivity index (χ3v) is 5.59. The fraction of sp³-hybridized carbons (Fsp3) is 0.538. The maximum absolute atomic E-state index is 13.3. The quantitative estimate of drug-likeness (QED) is 0.920. The molecule has 0 bridgehead atoms. The molecule has 0 saturated carbocycles. The Morgan fingerprint density at radius 2 is 2.00 bits per heavy atom. The number of piperidine rings is 1. The summed E-state index contributed by atoms with van der Waals surface area (Å²) in [5.41, 5.74) is 6.00. The summed E-state index contributed by atoms with van der Waals surface area (Å²) in [5.74, 6) is -0.0194. The van der Waals surface area contributed by atoms with Crippen molar-refractivity contribution in [2.45, 2.75) is 31.2 Å². The van der Waals surface area contributed by atoms with Gasteiger partial charge in [-0.2, -0.15) is 4.31 Å². The molecule has 0 aromatic heterocycles. The van der Waals surface area contributed by atoms with Crippen LogP contribution in [0.2, 0.25) is 0 Å². The first-order valence-electron chi connectivity index (χ1n) is 6.44. The number of benzene rings is 1. The lowest BCUT2D eigenvalue weighted by molar-refractivity contribution is 0.288. The smallest absolute Gasteiger partial charge is 0.243 e. The van der Waals surface area contributed by atoms with E-state index >= 15 is 0 Å². The number of rotatable bonds is 3. The molecule has 1 aliphatic heterocycles. The molecule has 2 N–H and O–H groups in total. The predicted octanol–water partition coefficient (Wildman–Crippen LogP) is 1.71. The maximum atomic E-state index is 13.3. The van der Waals surface area contributed by atoms with Crippen molar-refractivity contribution >= 4 is 10.0 Å². The molecule has 0 spiro atoms. The summed E-state index contributed by atoms with van der Waals surface area (Å²) in [6.07, 6.45) is 1.68. The zero-order chi connectivity index (χ0) is 14.0. The molecule has 106 valence electrons. The van der Waals surface area contributed by atoms with E-state index in [1.54, 1.807) is 0 Å². The highest BCUT2D eigenvalue weighted by atomic mass is 32.2. The highest BCUT2D eigenvalue weighted by Gasteiger charge is 2.29. The minimum Gasteiger partial charge on any atom is -0.326 e. The lowest BCUT2D eigenvalue weighted by Gasteiger charge is -2.30. The molecule has 0 unspecified atom stereocenters. The van der Waals surface area contributed by atoms with Crippen LogP contribution in [0.5, 0.6) is 0 Å². The Bertz CT molecular complexity index is 552. The van der Waals surface area contributed by atoms with Crippen molar-refractivity contribution in [2.75, 3.05) is 13.1 Å². The van der Waals surface area contributed by atoms with Crippen LogP contribution >= 0.6 is 0 Å². The van der Waals surface area contributed by atoms with Gasteiger partial charge in [0, 0.05) is 19.6 Å². The second kappa shape index (κ2) is 5.56. The number of halogens is 1. The number of sulfonamides is 1. The van der Waals surface area contributed by atoms with E-state index in [9.17, 15) is 12.8 Å². The standard InChI is InChI=1S/C13H19FN2O2S/c1-10-4-6-16(7-5-10)19(17,18)13-8-12(14)3-2-11(13)9-15/h2-3,8,10H,4-7,9,15H2,1H3. The van der Waals surface area contributed by atoms with Gasteiger partial charge in [-0.25, -0.2) is 12.8 Å². The lowest BCUT2D eigenvalue weighted by atomic mass is 10.0. The second-order valence-corrected chi connectivity index (χ2v) is 6.95. The Labute approximate surface area is 113 Å². The maximum Gasteiger partial charge on any atom is 0.243 e. The first-order chi connectivity index (χ1) is 8.95. The molecule has 1 fully saturated rings. The van der Waals surface area contributed by atoms with Crippen molar-refractivity contribution in [3.8, 4) is 0 Å². The minimum atomic E-state index is -3.64. The Balaban J connectivity index is 2.36. The summed E-state index contributed by atoms with van der Waals surface area (Å²) in [5, 5.41) is 0. The van der Waals surface area contributed by atoms with E-state index in [1.807, 2.05) is 0 Å². The summed E-state index contributed by atoms with van der Waals surface area (Å²) in [7, 11) is -3.64. The van der Waals surface area contributed by atoms with E-state index in [4.69, 9.17) is 5.73 Å². The number of hydrogen-bond acceptors (Lipinski definition) is 3. The van der Waals surface area contributed by atoms with E-state index < -0.39 is 15.8 Å². The van der Waals surface area contributed by atoms with Gasteiger partial charge in [-0.3, -0.25) is 0 Å². The van der Waals surface area contributed by atoms with Gasteiger partial charge < -0.3 is 5.73 Å². The van der Waals surface area contributed by atoms with E-state index in [1.165, 1.54) is 16.4 Å². The van der Waals surface area contributed by atoms with Crippen LogP contribution in [0, 0.1) is 11.7 Å². The van der Waals surface area contributed by atoms with Crippen molar-refractivity contribution in [1.82, 2.24) is 4.31 Å². The fourth-order valence-corrected chi connectivity index (χ4v) is 4.02. The van der Waals surface area contributed by atoms with Gasteiger partial charge in [0.2, 0.25) is 10.0 Å². The van der Waals surface area contributed by atoms with E-state index in [2.05, 4.69) is 6.92 Å². The molecule has 1 heterocycles. The molecular weight excluding hydrogens is 267 g/mol. The lowest BCUT2D eigenvalue weighted by Crippen LogP contribution is -2.38. The van der Waals surface area contributed by atoms with E-state index in [-0.39, 0.29) is 11.4 Å². The topological polar surface area (TPSA) is 63.4 Å². The molecule has 1 aromatic rings. The molecule has 0 radical (unpaired) electrons. The van der Waals surface area contributed by atoms with Crippen LogP contribution < -0.4 is 5.73 Å². The van der Waals surface area contributed by atoms with Gasteiger partial charge in [0.05, 0.1) is 4.90 Å². The highest BCUT2D eigenvalue weighted by Crippen LogP contribution is 2.26. The van der Waals surface area contributed by atoms with Crippen molar-refractivity contribution in [3.63, 3.8) is 0 Å². The van der Waals surface area contributed by atoms with Crippen LogP contribution in [-0.4, -0.2) is 25.8 Å². The molecular formula is C13H19FN2O2S. The summed E-state index contributed by atoms with van der Waals surface area (Å²) < 4.78 is 39.8. The summed E-state index contributed by atoms with van der Waals surface area (Å²) in [4.78, 5) is 0.00422. The molecule has 6 heteroatoms. The Morgan fingerprint density at radius 3 is 2.58 bits per heavy atom. The van der Waals surface area contributed by atoms with Gasteiger partial charge in [0.1, 0.15) is 5.82 Å². The summed E-state index contributed by atoms with van der Waals surface area (Å²) in [6.45, 7) is 3.17.